The summed E-state index contributed by atoms with van der Waals surface area (Å²) in [4.78, 5) is 23.6. The number of methoxy groups -OCH3 is 1. The summed E-state index contributed by atoms with van der Waals surface area (Å²) in [6, 6.07) is 7.18. The first-order chi connectivity index (χ1) is 12.1. The van der Waals surface area contributed by atoms with Crippen LogP contribution in [0.1, 0.15) is 51.4 Å². The van der Waals surface area contributed by atoms with E-state index in [0.29, 0.717) is 18.5 Å². The van der Waals surface area contributed by atoms with E-state index in [1.54, 1.807) is 19.1 Å². The van der Waals surface area contributed by atoms with Crippen molar-refractivity contribution in [2.45, 2.75) is 52.2 Å². The molecular formula is C19H28BNO5. The van der Waals surface area contributed by atoms with Crippen molar-refractivity contribution in [1.82, 2.24) is 5.32 Å². The number of amides is 1. The van der Waals surface area contributed by atoms with Crippen molar-refractivity contribution < 1.29 is 23.6 Å². The van der Waals surface area contributed by atoms with Gasteiger partial charge in [0.05, 0.1) is 24.2 Å². The molecule has 0 aliphatic carbocycles. The number of carbonyl (C=O) groups excluding carboxylic acids is 2. The molecule has 7 heteroatoms. The van der Waals surface area contributed by atoms with Gasteiger partial charge in [-0.2, -0.15) is 0 Å². The molecule has 26 heavy (non-hydrogen) atoms. The quantitative estimate of drug-likeness (QED) is 0.619. The molecule has 1 aromatic carbocycles. The highest BCUT2D eigenvalue weighted by Gasteiger charge is 2.51. The molecule has 1 N–H and O–H groups in total. The molecule has 1 aliphatic heterocycles. The van der Waals surface area contributed by atoms with Crippen LogP contribution in [0.5, 0.6) is 0 Å². The molecule has 1 unspecified atom stereocenters. The Hall–Kier alpha value is -1.86. The first-order valence-corrected chi connectivity index (χ1v) is 8.89. The van der Waals surface area contributed by atoms with Crippen molar-refractivity contribution in [2.75, 3.05) is 13.7 Å². The van der Waals surface area contributed by atoms with E-state index in [2.05, 4.69) is 10.1 Å². The number of rotatable bonds is 6. The van der Waals surface area contributed by atoms with Gasteiger partial charge in [-0.05, 0) is 51.7 Å². The molecule has 1 saturated heterocycles. The number of benzene rings is 1. The highest BCUT2D eigenvalue weighted by molar-refractivity contribution is 6.62. The fourth-order valence-corrected chi connectivity index (χ4v) is 2.59. The number of hydrogen-bond donors (Lipinski definition) is 1. The molecule has 0 radical (unpaired) electrons. The van der Waals surface area contributed by atoms with Gasteiger partial charge in [0.1, 0.15) is 0 Å². The standard InChI is InChI=1S/C19H28BNO5/c1-13(17(23)24-6)11-12-21-16(22)14-7-9-15(10-8-14)20-25-18(2,3)19(4,5)26-20/h7-10,13H,11-12H2,1-6H3,(H,21,22). The van der Waals surface area contributed by atoms with E-state index in [-0.39, 0.29) is 17.8 Å². The highest BCUT2D eigenvalue weighted by Crippen LogP contribution is 2.36. The Morgan fingerprint density at radius 1 is 1.12 bits per heavy atom. The second-order valence-electron chi connectivity index (χ2n) is 7.68. The molecule has 6 nitrogen and oxygen atoms in total. The number of esters is 1. The van der Waals surface area contributed by atoms with Crippen LogP contribution in [0.2, 0.25) is 0 Å². The van der Waals surface area contributed by atoms with Crippen LogP contribution in [0.15, 0.2) is 24.3 Å². The summed E-state index contributed by atoms with van der Waals surface area (Å²) in [6.07, 6.45) is 0.532. The van der Waals surface area contributed by atoms with Crippen molar-refractivity contribution in [2.24, 2.45) is 5.92 Å². The van der Waals surface area contributed by atoms with Gasteiger partial charge in [-0.3, -0.25) is 9.59 Å². The molecule has 1 atom stereocenters. The molecule has 1 amide bonds. The summed E-state index contributed by atoms with van der Waals surface area (Å²) >= 11 is 0. The number of ether oxygens (including phenoxy) is 1. The summed E-state index contributed by atoms with van der Waals surface area (Å²) < 4.78 is 16.7. The predicted octanol–water partition coefficient (Wildman–Crippen LogP) is 1.91. The van der Waals surface area contributed by atoms with Gasteiger partial charge in [0.25, 0.3) is 5.91 Å². The molecule has 1 fully saturated rings. The fourth-order valence-electron chi connectivity index (χ4n) is 2.59. The molecule has 0 bridgehead atoms. The molecule has 1 aromatic rings. The molecule has 0 saturated carbocycles. The average Bonchev–Trinajstić information content (AvgIpc) is 2.81. The first-order valence-electron chi connectivity index (χ1n) is 8.89. The van der Waals surface area contributed by atoms with Gasteiger partial charge in [0.15, 0.2) is 0 Å². The van der Waals surface area contributed by atoms with Crippen LogP contribution >= 0.6 is 0 Å². The maximum absolute atomic E-state index is 12.2. The minimum atomic E-state index is -0.446. The lowest BCUT2D eigenvalue weighted by atomic mass is 9.79. The van der Waals surface area contributed by atoms with Crippen LogP contribution in [-0.4, -0.2) is 43.9 Å². The van der Waals surface area contributed by atoms with E-state index < -0.39 is 18.3 Å². The second kappa shape index (κ2) is 7.80. The SMILES string of the molecule is COC(=O)C(C)CCNC(=O)c1ccc(B2OC(C)(C)C(C)(C)O2)cc1. The third-order valence-electron chi connectivity index (χ3n) is 5.16. The Bertz CT molecular complexity index is 640. The highest BCUT2D eigenvalue weighted by atomic mass is 16.7. The van der Waals surface area contributed by atoms with E-state index in [1.807, 2.05) is 39.8 Å². The van der Waals surface area contributed by atoms with Crippen molar-refractivity contribution in [3.05, 3.63) is 29.8 Å². The van der Waals surface area contributed by atoms with Crippen LogP contribution in [0.3, 0.4) is 0 Å². The van der Waals surface area contributed by atoms with Crippen LogP contribution in [0.4, 0.5) is 0 Å². The van der Waals surface area contributed by atoms with Gasteiger partial charge >= 0.3 is 13.1 Å². The third-order valence-corrected chi connectivity index (χ3v) is 5.16. The smallest absolute Gasteiger partial charge is 0.469 e. The zero-order valence-electron chi connectivity index (χ0n) is 16.4. The van der Waals surface area contributed by atoms with E-state index in [0.717, 1.165) is 5.46 Å². The Morgan fingerprint density at radius 2 is 1.65 bits per heavy atom. The summed E-state index contributed by atoms with van der Waals surface area (Å²) in [5, 5.41) is 2.81. The Kier molecular flexibility index (Phi) is 6.14. The van der Waals surface area contributed by atoms with Crippen LogP contribution in [0, 0.1) is 5.92 Å². The maximum Gasteiger partial charge on any atom is 0.494 e. The van der Waals surface area contributed by atoms with Gasteiger partial charge in [-0.25, -0.2) is 0 Å². The Balaban J connectivity index is 1.91. The lowest BCUT2D eigenvalue weighted by molar-refractivity contribution is -0.144. The first kappa shape index (κ1) is 20.5. The number of hydrogen-bond acceptors (Lipinski definition) is 5. The summed E-state index contributed by atoms with van der Waals surface area (Å²) in [6.45, 7) is 10.2. The topological polar surface area (TPSA) is 73.9 Å². The molecule has 0 aromatic heterocycles. The van der Waals surface area contributed by atoms with Gasteiger partial charge in [-0.15, -0.1) is 0 Å². The zero-order chi connectivity index (χ0) is 19.5. The van der Waals surface area contributed by atoms with Crippen LogP contribution in [-0.2, 0) is 18.8 Å². The predicted molar refractivity (Wildman–Crippen MR) is 100 cm³/mol. The van der Waals surface area contributed by atoms with Gasteiger partial charge < -0.3 is 19.4 Å². The molecule has 1 heterocycles. The van der Waals surface area contributed by atoms with Crippen molar-refractivity contribution in [3.63, 3.8) is 0 Å². The van der Waals surface area contributed by atoms with Crippen LogP contribution < -0.4 is 10.8 Å². The summed E-state index contributed by atoms with van der Waals surface area (Å²) in [7, 11) is 0.914. The molecule has 1 aliphatic rings. The van der Waals surface area contributed by atoms with Crippen molar-refractivity contribution in [1.29, 1.82) is 0 Å². The van der Waals surface area contributed by atoms with Gasteiger partial charge in [0.2, 0.25) is 0 Å². The van der Waals surface area contributed by atoms with E-state index in [4.69, 9.17) is 9.31 Å². The lowest BCUT2D eigenvalue weighted by Crippen LogP contribution is -2.41. The van der Waals surface area contributed by atoms with Crippen LogP contribution in [0.25, 0.3) is 0 Å². The molecule has 142 valence electrons. The van der Waals surface area contributed by atoms with E-state index in [9.17, 15) is 9.59 Å². The Labute approximate surface area is 155 Å². The maximum atomic E-state index is 12.2. The summed E-state index contributed by atoms with van der Waals surface area (Å²) in [5.41, 5.74) is 0.629. The van der Waals surface area contributed by atoms with E-state index >= 15 is 0 Å². The largest absolute Gasteiger partial charge is 0.494 e. The van der Waals surface area contributed by atoms with Crippen molar-refractivity contribution in [3.8, 4) is 0 Å². The normalized spacial score (nSPS) is 19.1. The van der Waals surface area contributed by atoms with Gasteiger partial charge in [0, 0.05) is 12.1 Å². The molecular weight excluding hydrogens is 333 g/mol. The monoisotopic (exact) mass is 361 g/mol. The third kappa shape index (κ3) is 4.45. The molecule has 2 rings (SSSR count). The number of nitrogens with one attached hydrogen (secondary N) is 1. The number of carbonyl (C=O) groups is 2. The minimum absolute atomic E-state index is 0.178. The average molecular weight is 361 g/mol. The van der Waals surface area contributed by atoms with E-state index in [1.165, 1.54) is 7.11 Å². The lowest BCUT2D eigenvalue weighted by Gasteiger charge is -2.32. The fraction of sp³-hybridized carbons (Fsp3) is 0.579. The Morgan fingerprint density at radius 3 is 2.15 bits per heavy atom. The second-order valence-corrected chi connectivity index (χ2v) is 7.68. The zero-order valence-corrected chi connectivity index (χ0v) is 16.4. The minimum Gasteiger partial charge on any atom is -0.469 e. The van der Waals surface area contributed by atoms with Crippen molar-refractivity contribution >= 4 is 24.5 Å². The summed E-state index contributed by atoms with van der Waals surface area (Å²) in [5.74, 6) is -0.695. The van der Waals surface area contributed by atoms with Gasteiger partial charge in [-0.1, -0.05) is 19.1 Å². The molecule has 0 spiro atoms.